The Labute approximate surface area is 331 Å². The zero-order chi connectivity index (χ0) is 37.5. The average molecular weight is 726 g/mol. The fourth-order valence-electron chi connectivity index (χ4n) is 10.0. The molecule has 1 spiro atoms. The van der Waals surface area contributed by atoms with Gasteiger partial charge in [-0.1, -0.05) is 182 Å². The van der Waals surface area contributed by atoms with Crippen LogP contribution >= 0.6 is 0 Å². The van der Waals surface area contributed by atoms with Gasteiger partial charge in [0.2, 0.25) is 0 Å². The Kier molecular flexibility index (Phi) is 6.84. The predicted octanol–water partition coefficient (Wildman–Crippen LogP) is 13.6. The summed E-state index contributed by atoms with van der Waals surface area (Å²) in [5.74, 6) is 0. The lowest BCUT2D eigenvalue weighted by atomic mass is 9.64. The third-order valence-electron chi connectivity index (χ3n) is 12.3. The highest BCUT2D eigenvalue weighted by Crippen LogP contribution is 2.63. The molecule has 3 heterocycles. The van der Waals surface area contributed by atoms with Crippen LogP contribution in [0, 0.1) is 0 Å². The first kappa shape index (κ1) is 31.8. The van der Waals surface area contributed by atoms with Crippen LogP contribution in [0.15, 0.2) is 212 Å². The third kappa shape index (κ3) is 4.40. The minimum Gasteiger partial charge on any atom is -0.310 e. The van der Waals surface area contributed by atoms with E-state index in [0.717, 1.165) is 44.7 Å². The van der Waals surface area contributed by atoms with Crippen LogP contribution in [0.5, 0.6) is 0 Å². The number of pyridine rings is 1. The molecule has 12 rings (SSSR count). The molecule has 10 aromatic rings. The van der Waals surface area contributed by atoms with Gasteiger partial charge in [-0.2, -0.15) is 5.10 Å². The number of anilines is 3. The van der Waals surface area contributed by atoms with Crippen molar-refractivity contribution in [2.24, 2.45) is 0 Å². The number of rotatable bonds is 4. The fourth-order valence-corrected chi connectivity index (χ4v) is 10.0. The number of benzene rings is 8. The summed E-state index contributed by atoms with van der Waals surface area (Å²) in [6.45, 7) is 0. The van der Waals surface area contributed by atoms with E-state index in [2.05, 4.69) is 216 Å². The van der Waals surface area contributed by atoms with Crippen LogP contribution in [0.25, 0.3) is 60.9 Å². The van der Waals surface area contributed by atoms with Crippen molar-refractivity contribution in [2.75, 3.05) is 4.90 Å². The summed E-state index contributed by atoms with van der Waals surface area (Å²) in [6, 6.07) is 75.3. The lowest BCUT2D eigenvalue weighted by Crippen LogP contribution is -2.36. The molecule has 3 heteroatoms. The van der Waals surface area contributed by atoms with E-state index in [1.807, 2.05) is 6.20 Å². The molecule has 0 radical (unpaired) electrons. The lowest BCUT2D eigenvalue weighted by Gasteiger charge is -2.45. The Balaban J connectivity index is 1.08. The normalized spacial score (nSPS) is 13.4. The summed E-state index contributed by atoms with van der Waals surface area (Å²) < 4.78 is 2.16. The van der Waals surface area contributed by atoms with E-state index >= 15 is 0 Å². The van der Waals surface area contributed by atoms with Crippen molar-refractivity contribution in [3.05, 3.63) is 235 Å². The second-order valence-electron chi connectivity index (χ2n) is 15.1. The van der Waals surface area contributed by atoms with Crippen LogP contribution in [0.1, 0.15) is 22.3 Å². The molecule has 2 aromatic heterocycles. The van der Waals surface area contributed by atoms with Gasteiger partial charge >= 0.3 is 0 Å². The highest BCUT2D eigenvalue weighted by molar-refractivity contribution is 6.13. The van der Waals surface area contributed by atoms with Gasteiger partial charge in [0.05, 0.1) is 34.2 Å². The van der Waals surface area contributed by atoms with E-state index < -0.39 is 5.41 Å². The van der Waals surface area contributed by atoms with Crippen molar-refractivity contribution in [1.29, 1.82) is 0 Å². The first-order chi connectivity index (χ1) is 28.3. The van der Waals surface area contributed by atoms with Crippen LogP contribution < -0.4 is 4.90 Å². The van der Waals surface area contributed by atoms with Crippen molar-refractivity contribution in [3.63, 3.8) is 0 Å². The van der Waals surface area contributed by atoms with Gasteiger partial charge in [0, 0.05) is 27.8 Å². The van der Waals surface area contributed by atoms with Gasteiger partial charge in [0.1, 0.15) is 0 Å². The molecule has 0 amide bonds. The number of nitrogens with zero attached hydrogens (tertiary/aromatic N) is 3. The molecule has 0 N–H and O–H groups in total. The molecule has 1 aliphatic heterocycles. The maximum atomic E-state index is 5.12. The van der Waals surface area contributed by atoms with Gasteiger partial charge in [0.15, 0.2) is 0 Å². The molecule has 0 atom stereocenters. The number of hydrogen-bond acceptors (Lipinski definition) is 2. The van der Waals surface area contributed by atoms with Crippen LogP contribution in [-0.2, 0) is 5.41 Å². The summed E-state index contributed by atoms with van der Waals surface area (Å²) in [5.41, 5.74) is 18.8. The van der Waals surface area contributed by atoms with Crippen LogP contribution in [0.2, 0.25) is 0 Å². The summed E-state index contributed by atoms with van der Waals surface area (Å²) in [4.78, 5) is 2.46. The number of para-hydroxylation sites is 2. The van der Waals surface area contributed by atoms with E-state index in [9.17, 15) is 0 Å². The molecule has 266 valence electrons. The molecule has 2 aliphatic rings. The molecule has 0 fully saturated rings. The lowest BCUT2D eigenvalue weighted by molar-refractivity contribution is 0.752. The molecular formula is C54H35N3. The second kappa shape index (κ2) is 12.3. The zero-order valence-electron chi connectivity index (χ0n) is 31.0. The molecule has 57 heavy (non-hydrogen) atoms. The minimum atomic E-state index is -0.432. The Hall–Kier alpha value is -7.49. The second-order valence-corrected chi connectivity index (χ2v) is 15.1. The Bertz CT molecular complexity index is 3080. The fraction of sp³-hybridized carbons (Fsp3) is 0.0185. The predicted molar refractivity (Wildman–Crippen MR) is 235 cm³/mol. The number of aromatic nitrogens is 2. The molecule has 0 saturated heterocycles. The maximum absolute atomic E-state index is 5.12. The summed E-state index contributed by atoms with van der Waals surface area (Å²) in [6.07, 6.45) is 2.02. The van der Waals surface area contributed by atoms with Crippen LogP contribution in [0.4, 0.5) is 17.1 Å². The van der Waals surface area contributed by atoms with Crippen molar-refractivity contribution in [3.8, 4) is 44.6 Å². The first-order valence-electron chi connectivity index (χ1n) is 19.6. The van der Waals surface area contributed by atoms with Gasteiger partial charge in [0.25, 0.3) is 0 Å². The standard InChI is InChI=1S/C54H35N3/c1-3-17-36(18-4-1)44-35-55-57-52(38-19-5-2-6-20-38)51(42-23-7-8-24-43(42)53(44)57)37-31-33-39(34-32-37)56-49-29-15-13-27-47(49)54(48-28-14-16-30-50(48)56)45-25-11-9-21-40(45)41-22-10-12-26-46(41)54/h1-35H. The zero-order valence-corrected chi connectivity index (χ0v) is 31.0. The van der Waals surface area contributed by atoms with Crippen molar-refractivity contribution < 1.29 is 0 Å². The van der Waals surface area contributed by atoms with Gasteiger partial charge < -0.3 is 4.90 Å². The van der Waals surface area contributed by atoms with E-state index in [0.29, 0.717) is 0 Å². The van der Waals surface area contributed by atoms with E-state index in [-0.39, 0.29) is 0 Å². The Morgan fingerprint density at radius 1 is 0.368 bits per heavy atom. The van der Waals surface area contributed by atoms with Crippen molar-refractivity contribution in [1.82, 2.24) is 9.61 Å². The maximum Gasteiger partial charge on any atom is 0.0826 e. The van der Waals surface area contributed by atoms with Crippen LogP contribution in [-0.4, -0.2) is 9.61 Å². The summed E-state index contributed by atoms with van der Waals surface area (Å²) in [5, 5.41) is 7.50. The molecule has 0 saturated carbocycles. The summed E-state index contributed by atoms with van der Waals surface area (Å²) >= 11 is 0. The molecule has 0 unspecified atom stereocenters. The smallest absolute Gasteiger partial charge is 0.0826 e. The van der Waals surface area contributed by atoms with E-state index in [1.54, 1.807) is 0 Å². The average Bonchev–Trinajstić information content (AvgIpc) is 3.86. The van der Waals surface area contributed by atoms with E-state index in [4.69, 9.17) is 5.10 Å². The summed E-state index contributed by atoms with van der Waals surface area (Å²) in [7, 11) is 0. The molecule has 8 aromatic carbocycles. The Morgan fingerprint density at radius 3 is 1.47 bits per heavy atom. The van der Waals surface area contributed by atoms with Gasteiger partial charge in [-0.25, -0.2) is 4.52 Å². The monoisotopic (exact) mass is 725 g/mol. The highest BCUT2D eigenvalue weighted by Gasteiger charge is 2.51. The Morgan fingerprint density at radius 2 is 0.860 bits per heavy atom. The van der Waals surface area contributed by atoms with E-state index in [1.165, 1.54) is 55.5 Å². The van der Waals surface area contributed by atoms with Crippen molar-refractivity contribution >= 4 is 33.4 Å². The van der Waals surface area contributed by atoms with Gasteiger partial charge in [-0.15, -0.1) is 0 Å². The number of hydrogen-bond donors (Lipinski definition) is 0. The topological polar surface area (TPSA) is 20.5 Å². The largest absolute Gasteiger partial charge is 0.310 e. The molecular weight excluding hydrogens is 691 g/mol. The molecule has 1 aliphatic carbocycles. The first-order valence-corrected chi connectivity index (χ1v) is 19.6. The van der Waals surface area contributed by atoms with Crippen LogP contribution in [0.3, 0.4) is 0 Å². The number of fused-ring (bicyclic) bond motifs is 12. The quantitative estimate of drug-likeness (QED) is 0.180. The third-order valence-corrected chi connectivity index (χ3v) is 12.3. The SMILES string of the molecule is c1ccc(-c2cnn3c(-c4ccccc4)c(-c4ccc(N5c6ccccc6C6(c7ccccc7-c7ccccc76)c6ccccc65)cc4)c4ccccc4c23)cc1. The van der Waals surface area contributed by atoms with Crippen molar-refractivity contribution in [2.45, 2.75) is 5.41 Å². The highest BCUT2D eigenvalue weighted by atomic mass is 15.2. The minimum absolute atomic E-state index is 0.432. The molecule has 0 bridgehead atoms. The molecule has 3 nitrogen and oxygen atoms in total. The van der Waals surface area contributed by atoms with Gasteiger partial charge in [-0.05, 0) is 74.2 Å². The van der Waals surface area contributed by atoms with Gasteiger partial charge in [-0.3, -0.25) is 0 Å².